The minimum Gasteiger partial charge on any atom is -0.340 e. The first-order valence-electron chi connectivity index (χ1n) is 11.6. The first kappa shape index (κ1) is 25.5. The molecule has 2 N–H and O–H groups in total. The molecule has 0 bridgehead atoms. The first-order valence-corrected chi connectivity index (χ1v) is 11.6. The largest absolute Gasteiger partial charge is 0.408 e. The Labute approximate surface area is 210 Å². The predicted molar refractivity (Wildman–Crippen MR) is 123 cm³/mol. The van der Waals surface area contributed by atoms with E-state index in [9.17, 15) is 40.7 Å². The summed E-state index contributed by atoms with van der Waals surface area (Å²) in [7, 11) is 0. The fourth-order valence-corrected chi connectivity index (χ4v) is 4.40. The highest BCUT2D eigenvalue weighted by Gasteiger charge is 2.50. The van der Waals surface area contributed by atoms with Gasteiger partial charge in [0.05, 0.1) is 5.39 Å². The van der Waals surface area contributed by atoms with Crippen LogP contribution in [-0.2, 0) is 0 Å². The van der Waals surface area contributed by atoms with Gasteiger partial charge in [0, 0.05) is 31.4 Å². The van der Waals surface area contributed by atoms with Crippen molar-refractivity contribution in [1.29, 1.82) is 0 Å². The molecule has 1 aliphatic carbocycles. The molecule has 38 heavy (non-hydrogen) atoms. The Balaban J connectivity index is 1.70. The number of rotatable bonds is 5. The van der Waals surface area contributed by atoms with Gasteiger partial charge in [0.25, 0.3) is 5.91 Å². The lowest BCUT2D eigenvalue weighted by Crippen LogP contribution is -2.48. The Morgan fingerprint density at radius 3 is 2.39 bits per heavy atom. The SMILES string of the molecule is O=C(N[C@@H](C1CC1)C(F)(F)F)c1cn(-c2c(F)cc(F)cc2F)c2nc(N3CCCNC3=O)ccc2c1=O. The van der Waals surface area contributed by atoms with Crippen LogP contribution in [0.1, 0.15) is 29.6 Å². The maximum atomic E-state index is 14.8. The van der Waals surface area contributed by atoms with Gasteiger partial charge in [-0.05, 0) is 37.3 Å². The maximum Gasteiger partial charge on any atom is 0.408 e. The van der Waals surface area contributed by atoms with Gasteiger partial charge >= 0.3 is 12.2 Å². The molecule has 5 rings (SSSR count). The van der Waals surface area contributed by atoms with Gasteiger partial charge in [-0.1, -0.05) is 0 Å². The second kappa shape index (κ2) is 9.33. The fraction of sp³-hybridized carbons (Fsp3) is 0.333. The van der Waals surface area contributed by atoms with E-state index in [-0.39, 0.29) is 30.6 Å². The number of aromatic nitrogens is 2. The van der Waals surface area contributed by atoms with Gasteiger partial charge in [0.15, 0.2) is 17.3 Å². The Hall–Kier alpha value is -4.10. The van der Waals surface area contributed by atoms with E-state index in [1.54, 1.807) is 0 Å². The standard InChI is InChI=1S/C24H19F6N5O3/c25-12-8-15(26)18(16(27)9-12)35-10-14(22(37)33-20(11-2-3-11)24(28,29)30)19(36)13-4-5-17(32-21(13)35)34-7-1-6-31-23(34)38/h4-5,8-11,20H,1-3,6-7H2,(H,31,38)(H,33,37)/t20-/m0/s1. The number of alkyl halides is 3. The van der Waals surface area contributed by atoms with Crippen LogP contribution in [0.4, 0.5) is 37.0 Å². The summed E-state index contributed by atoms with van der Waals surface area (Å²) < 4.78 is 84.4. The van der Waals surface area contributed by atoms with E-state index in [4.69, 9.17) is 0 Å². The molecule has 8 nitrogen and oxygen atoms in total. The number of nitrogens with zero attached hydrogens (tertiary/aromatic N) is 3. The molecule has 1 aliphatic heterocycles. The summed E-state index contributed by atoms with van der Waals surface area (Å²) >= 11 is 0. The van der Waals surface area contributed by atoms with Gasteiger partial charge in [-0.15, -0.1) is 0 Å². The van der Waals surface area contributed by atoms with Crippen LogP contribution in [0.3, 0.4) is 0 Å². The average Bonchev–Trinajstić information content (AvgIpc) is 3.67. The maximum absolute atomic E-state index is 14.8. The number of halogens is 6. The Kier molecular flexibility index (Phi) is 6.27. The third-order valence-electron chi connectivity index (χ3n) is 6.39. The normalized spacial score (nSPS) is 16.9. The molecule has 1 saturated carbocycles. The van der Waals surface area contributed by atoms with Crippen molar-refractivity contribution < 1.29 is 35.9 Å². The molecule has 0 unspecified atom stereocenters. The third kappa shape index (κ3) is 4.65. The lowest BCUT2D eigenvalue weighted by molar-refractivity contribution is -0.158. The van der Waals surface area contributed by atoms with Gasteiger partial charge in [-0.2, -0.15) is 13.2 Å². The van der Waals surface area contributed by atoms with E-state index in [2.05, 4.69) is 10.3 Å². The van der Waals surface area contributed by atoms with Crippen molar-refractivity contribution in [3.8, 4) is 5.69 Å². The molecule has 1 saturated heterocycles. The first-order chi connectivity index (χ1) is 18.0. The molecule has 3 amide bonds. The molecule has 14 heteroatoms. The van der Waals surface area contributed by atoms with Crippen molar-refractivity contribution in [3.05, 3.63) is 63.7 Å². The van der Waals surface area contributed by atoms with Crippen LogP contribution >= 0.6 is 0 Å². The van der Waals surface area contributed by atoms with Crippen molar-refractivity contribution in [2.75, 3.05) is 18.0 Å². The summed E-state index contributed by atoms with van der Waals surface area (Å²) in [4.78, 5) is 43.8. The van der Waals surface area contributed by atoms with Crippen LogP contribution in [0.15, 0.2) is 35.3 Å². The number of amides is 3. The Bertz CT molecular complexity index is 1490. The molecule has 2 aliphatic rings. The average molecular weight is 539 g/mol. The molecule has 1 atom stereocenters. The minimum absolute atomic E-state index is 0.00819. The van der Waals surface area contributed by atoms with E-state index >= 15 is 0 Å². The number of nitrogens with one attached hydrogen (secondary N) is 2. The molecular weight excluding hydrogens is 520 g/mol. The molecule has 2 aromatic heterocycles. The smallest absolute Gasteiger partial charge is 0.340 e. The molecule has 2 fully saturated rings. The molecule has 0 radical (unpaired) electrons. The van der Waals surface area contributed by atoms with E-state index in [1.165, 1.54) is 11.0 Å². The van der Waals surface area contributed by atoms with Crippen molar-refractivity contribution >= 4 is 28.8 Å². The number of carbonyl (C=O) groups excluding carboxylic acids is 2. The van der Waals surface area contributed by atoms with Crippen LogP contribution in [0.25, 0.3) is 16.7 Å². The van der Waals surface area contributed by atoms with E-state index in [0.717, 1.165) is 6.07 Å². The summed E-state index contributed by atoms with van der Waals surface area (Å²) in [6.07, 6.45) is -3.11. The second-order valence-corrected chi connectivity index (χ2v) is 9.07. The number of hydrogen-bond donors (Lipinski definition) is 2. The number of anilines is 1. The highest BCUT2D eigenvalue weighted by molar-refractivity contribution is 5.98. The second-order valence-electron chi connectivity index (χ2n) is 9.07. The van der Waals surface area contributed by atoms with Crippen LogP contribution in [0, 0.1) is 23.4 Å². The zero-order valence-corrected chi connectivity index (χ0v) is 19.4. The fourth-order valence-electron chi connectivity index (χ4n) is 4.40. The number of carbonyl (C=O) groups is 2. The number of hydrogen-bond acceptors (Lipinski definition) is 4. The van der Waals surface area contributed by atoms with Crippen molar-refractivity contribution in [2.45, 2.75) is 31.5 Å². The molecule has 3 aromatic rings. The zero-order valence-electron chi connectivity index (χ0n) is 19.4. The monoisotopic (exact) mass is 539 g/mol. The van der Waals surface area contributed by atoms with E-state index in [1.807, 2.05) is 5.32 Å². The van der Waals surface area contributed by atoms with Crippen LogP contribution in [-0.4, -0.2) is 46.8 Å². The van der Waals surface area contributed by atoms with Crippen LogP contribution in [0.5, 0.6) is 0 Å². The third-order valence-corrected chi connectivity index (χ3v) is 6.39. The summed E-state index contributed by atoms with van der Waals surface area (Å²) in [6.45, 7) is 0.659. The highest BCUT2D eigenvalue weighted by atomic mass is 19.4. The van der Waals surface area contributed by atoms with Gasteiger partial charge in [-0.25, -0.2) is 22.9 Å². The predicted octanol–water partition coefficient (Wildman–Crippen LogP) is 3.79. The molecule has 3 heterocycles. The molecule has 0 spiro atoms. The number of urea groups is 1. The van der Waals surface area contributed by atoms with Crippen LogP contribution in [0.2, 0.25) is 0 Å². The summed E-state index contributed by atoms with van der Waals surface area (Å²) in [5.74, 6) is -6.34. The Morgan fingerprint density at radius 2 is 1.79 bits per heavy atom. The van der Waals surface area contributed by atoms with Crippen LogP contribution < -0.4 is 21.0 Å². The quantitative estimate of drug-likeness (QED) is 0.483. The minimum atomic E-state index is -4.78. The van der Waals surface area contributed by atoms with Gasteiger partial charge < -0.3 is 10.6 Å². The Morgan fingerprint density at radius 1 is 1.11 bits per heavy atom. The topological polar surface area (TPSA) is 96.3 Å². The van der Waals surface area contributed by atoms with Gasteiger partial charge in [-0.3, -0.25) is 19.1 Å². The summed E-state index contributed by atoms with van der Waals surface area (Å²) in [5, 5.41) is 4.06. The number of pyridine rings is 2. The number of fused-ring (bicyclic) bond motifs is 1. The van der Waals surface area contributed by atoms with Gasteiger partial charge in [0.1, 0.15) is 28.9 Å². The van der Waals surface area contributed by atoms with Crippen molar-refractivity contribution in [3.63, 3.8) is 0 Å². The zero-order chi connectivity index (χ0) is 27.4. The van der Waals surface area contributed by atoms with Gasteiger partial charge in [0.2, 0.25) is 5.43 Å². The van der Waals surface area contributed by atoms with Crippen molar-refractivity contribution in [2.24, 2.45) is 5.92 Å². The summed E-state index contributed by atoms with van der Waals surface area (Å²) in [5.41, 5.74) is -3.20. The summed E-state index contributed by atoms with van der Waals surface area (Å²) in [6, 6.07) is 0.409. The van der Waals surface area contributed by atoms with E-state index in [0.29, 0.717) is 35.9 Å². The molecular formula is C24H19F6N5O3. The lowest BCUT2D eigenvalue weighted by Gasteiger charge is -2.27. The van der Waals surface area contributed by atoms with E-state index < -0.39 is 69.9 Å². The molecule has 200 valence electrons. The highest BCUT2D eigenvalue weighted by Crippen LogP contribution is 2.40. The molecule has 1 aromatic carbocycles. The van der Waals surface area contributed by atoms with Crippen molar-refractivity contribution in [1.82, 2.24) is 20.2 Å². The number of benzene rings is 1. The lowest BCUT2D eigenvalue weighted by atomic mass is 10.1.